The summed E-state index contributed by atoms with van der Waals surface area (Å²) in [7, 11) is 0. The average Bonchev–Trinajstić information content (AvgIpc) is 2.16. The standard InChI is InChI=1S/C8H18O2.2CHNO/c1-5-7(9)6(2)8(3,4)10;2*2-1-3/h6-7,9-10H,5H2,1-4H3;2*2H. The predicted octanol–water partition coefficient (Wildman–Crippen LogP) is 0.966. The van der Waals surface area contributed by atoms with Crippen LogP contribution < -0.4 is 0 Å². The normalized spacial score (nSPS) is 12.6. The van der Waals surface area contributed by atoms with Crippen LogP contribution in [0.3, 0.4) is 0 Å². The van der Waals surface area contributed by atoms with Crippen molar-refractivity contribution in [2.45, 2.75) is 45.8 Å². The van der Waals surface area contributed by atoms with Crippen molar-refractivity contribution in [3.8, 4) is 0 Å². The summed E-state index contributed by atoms with van der Waals surface area (Å²) in [6.45, 7) is 7.20. The molecular weight excluding hydrogens is 212 g/mol. The predicted molar refractivity (Wildman–Crippen MR) is 58.6 cm³/mol. The number of nitrogens with one attached hydrogen (secondary N) is 2. The van der Waals surface area contributed by atoms with Crippen molar-refractivity contribution < 1.29 is 19.8 Å². The zero-order chi connectivity index (χ0) is 13.8. The van der Waals surface area contributed by atoms with Crippen LogP contribution in [0.2, 0.25) is 0 Å². The van der Waals surface area contributed by atoms with E-state index >= 15 is 0 Å². The van der Waals surface area contributed by atoms with Crippen molar-refractivity contribution in [3.05, 3.63) is 0 Å². The molecule has 0 aliphatic rings. The van der Waals surface area contributed by atoms with Gasteiger partial charge in [-0.1, -0.05) is 13.8 Å². The highest BCUT2D eigenvalue weighted by Gasteiger charge is 2.27. The van der Waals surface area contributed by atoms with Gasteiger partial charge in [0.25, 0.3) is 0 Å². The molecule has 0 saturated heterocycles. The van der Waals surface area contributed by atoms with E-state index in [4.69, 9.17) is 20.4 Å². The Morgan fingerprint density at radius 2 is 1.50 bits per heavy atom. The Hall–Kier alpha value is -1.32. The molecule has 0 aliphatic heterocycles. The fraction of sp³-hybridized carbons (Fsp3) is 0.800. The van der Waals surface area contributed by atoms with Gasteiger partial charge in [0.05, 0.1) is 11.7 Å². The van der Waals surface area contributed by atoms with E-state index in [1.54, 1.807) is 13.8 Å². The first-order valence-corrected chi connectivity index (χ1v) is 4.70. The molecule has 6 heteroatoms. The highest BCUT2D eigenvalue weighted by Crippen LogP contribution is 2.20. The summed E-state index contributed by atoms with van der Waals surface area (Å²) in [5.74, 6) is -0.0579. The van der Waals surface area contributed by atoms with E-state index in [1.807, 2.05) is 13.8 Å². The van der Waals surface area contributed by atoms with Gasteiger partial charge in [0, 0.05) is 5.92 Å². The van der Waals surface area contributed by atoms with E-state index in [0.717, 1.165) is 12.2 Å². The van der Waals surface area contributed by atoms with Gasteiger partial charge in [0.2, 0.25) is 12.2 Å². The van der Waals surface area contributed by atoms with Crippen LogP contribution in [-0.4, -0.2) is 34.1 Å². The lowest BCUT2D eigenvalue weighted by atomic mass is 9.87. The number of aliphatic hydroxyl groups excluding tert-OH is 1. The van der Waals surface area contributed by atoms with Crippen LogP contribution in [0.15, 0.2) is 0 Å². The minimum Gasteiger partial charge on any atom is -0.393 e. The lowest BCUT2D eigenvalue weighted by molar-refractivity contribution is -0.0385. The second kappa shape index (κ2) is 11.8. The van der Waals surface area contributed by atoms with Crippen LogP contribution >= 0.6 is 0 Å². The average molecular weight is 232 g/mol. The quantitative estimate of drug-likeness (QED) is 0.427. The minimum atomic E-state index is -0.768. The van der Waals surface area contributed by atoms with Crippen molar-refractivity contribution in [3.63, 3.8) is 0 Å². The van der Waals surface area contributed by atoms with Crippen LogP contribution in [0.25, 0.3) is 0 Å². The molecule has 0 fully saturated rings. The van der Waals surface area contributed by atoms with E-state index in [0.29, 0.717) is 6.42 Å². The van der Waals surface area contributed by atoms with E-state index in [-0.39, 0.29) is 12.0 Å². The van der Waals surface area contributed by atoms with Crippen molar-refractivity contribution in [1.29, 1.82) is 10.8 Å². The maximum Gasteiger partial charge on any atom is 0.231 e. The SMILES string of the molecule is CCC(O)C(C)C(C)(C)O.N=C=O.N=C=O. The van der Waals surface area contributed by atoms with Gasteiger partial charge in [0.1, 0.15) is 0 Å². The fourth-order valence-electron chi connectivity index (χ4n) is 0.824. The topological polar surface area (TPSA) is 122 Å². The molecule has 0 heterocycles. The third-order valence-electron chi connectivity index (χ3n) is 2.11. The van der Waals surface area contributed by atoms with Gasteiger partial charge in [-0.05, 0) is 20.3 Å². The largest absolute Gasteiger partial charge is 0.393 e. The van der Waals surface area contributed by atoms with Crippen molar-refractivity contribution in [2.75, 3.05) is 0 Å². The molecule has 0 bridgehead atoms. The summed E-state index contributed by atoms with van der Waals surface area (Å²) in [5.41, 5.74) is -0.768. The molecule has 0 saturated carbocycles. The number of carbonyl (C=O) groups excluding carboxylic acids is 2. The van der Waals surface area contributed by atoms with Crippen LogP contribution in [0.4, 0.5) is 0 Å². The molecule has 0 radical (unpaired) electrons. The Bertz CT molecular complexity index is 211. The lowest BCUT2D eigenvalue weighted by Crippen LogP contribution is -2.36. The molecule has 2 unspecified atom stereocenters. The van der Waals surface area contributed by atoms with Gasteiger partial charge in [-0.15, -0.1) is 0 Å². The Balaban J connectivity index is -0.000000235. The number of hydrogen-bond donors (Lipinski definition) is 4. The summed E-state index contributed by atoms with van der Waals surface area (Å²) in [6, 6.07) is 0. The van der Waals surface area contributed by atoms with Crippen LogP contribution in [0.1, 0.15) is 34.1 Å². The first-order valence-electron chi connectivity index (χ1n) is 4.70. The molecule has 16 heavy (non-hydrogen) atoms. The minimum absolute atomic E-state index is 0.0579. The molecule has 6 nitrogen and oxygen atoms in total. The van der Waals surface area contributed by atoms with Crippen LogP contribution in [0, 0.1) is 16.7 Å². The third-order valence-corrected chi connectivity index (χ3v) is 2.11. The summed E-state index contributed by atoms with van der Waals surface area (Å²) in [4.78, 5) is 16.7. The number of hydrogen-bond acceptors (Lipinski definition) is 6. The van der Waals surface area contributed by atoms with E-state index < -0.39 is 5.60 Å². The smallest absolute Gasteiger partial charge is 0.231 e. The molecule has 4 N–H and O–H groups in total. The third kappa shape index (κ3) is 15.2. The summed E-state index contributed by atoms with van der Waals surface area (Å²) in [6.07, 6.45) is 1.81. The maximum absolute atomic E-state index is 9.43. The van der Waals surface area contributed by atoms with Gasteiger partial charge < -0.3 is 10.2 Å². The van der Waals surface area contributed by atoms with Gasteiger partial charge in [-0.2, -0.15) is 0 Å². The first-order chi connectivity index (χ1) is 7.22. The lowest BCUT2D eigenvalue weighted by Gasteiger charge is -2.29. The molecule has 2 atom stereocenters. The molecule has 0 rings (SSSR count). The monoisotopic (exact) mass is 232 g/mol. The Labute approximate surface area is 95.3 Å². The number of isocyanates is 2. The Kier molecular flexibility index (Phi) is 14.8. The second-order valence-electron chi connectivity index (χ2n) is 3.62. The molecule has 0 aliphatic carbocycles. The highest BCUT2D eigenvalue weighted by molar-refractivity contribution is 5.26. The van der Waals surface area contributed by atoms with Gasteiger partial charge >= 0.3 is 0 Å². The number of aliphatic hydroxyl groups is 2. The number of rotatable bonds is 3. The Morgan fingerprint density at radius 1 is 1.25 bits per heavy atom. The van der Waals surface area contributed by atoms with E-state index in [9.17, 15) is 10.2 Å². The Morgan fingerprint density at radius 3 is 1.56 bits per heavy atom. The van der Waals surface area contributed by atoms with Crippen LogP contribution in [-0.2, 0) is 9.59 Å². The van der Waals surface area contributed by atoms with E-state index in [2.05, 4.69) is 0 Å². The first kappa shape index (κ1) is 20.1. The maximum atomic E-state index is 9.43. The second-order valence-corrected chi connectivity index (χ2v) is 3.62. The molecule has 0 aromatic rings. The van der Waals surface area contributed by atoms with Crippen molar-refractivity contribution >= 4 is 12.2 Å². The molecule has 0 aromatic carbocycles. The molecular formula is C10H20N2O4. The van der Waals surface area contributed by atoms with E-state index in [1.165, 1.54) is 0 Å². The molecule has 0 aromatic heterocycles. The molecule has 94 valence electrons. The summed E-state index contributed by atoms with van der Waals surface area (Å²) in [5, 5.41) is 29.5. The van der Waals surface area contributed by atoms with Gasteiger partial charge in [-0.3, -0.25) is 0 Å². The molecule has 0 amide bonds. The molecule has 0 spiro atoms. The summed E-state index contributed by atoms with van der Waals surface area (Å²) >= 11 is 0. The van der Waals surface area contributed by atoms with Gasteiger partial charge in [-0.25, -0.2) is 20.4 Å². The van der Waals surface area contributed by atoms with Crippen molar-refractivity contribution in [2.24, 2.45) is 5.92 Å². The van der Waals surface area contributed by atoms with Crippen LogP contribution in [0.5, 0.6) is 0 Å². The zero-order valence-electron chi connectivity index (χ0n) is 10.1. The highest BCUT2D eigenvalue weighted by atomic mass is 16.3. The zero-order valence-corrected chi connectivity index (χ0v) is 10.1. The van der Waals surface area contributed by atoms with Gasteiger partial charge in [0.15, 0.2) is 0 Å². The summed E-state index contributed by atoms with van der Waals surface area (Å²) < 4.78 is 0. The fourth-order valence-corrected chi connectivity index (χ4v) is 0.824. The van der Waals surface area contributed by atoms with Crippen molar-refractivity contribution in [1.82, 2.24) is 0 Å².